The molecule has 0 unspecified atom stereocenters. The van der Waals surface area contributed by atoms with Crippen molar-refractivity contribution in [3.8, 4) is 33.8 Å². The average molecular weight is 527 g/mol. The third-order valence-corrected chi connectivity index (χ3v) is 5.63. The molecule has 0 aliphatic heterocycles. The Morgan fingerprint density at radius 2 is 0.974 bits per heavy atom. The summed E-state index contributed by atoms with van der Waals surface area (Å²) >= 11 is 0. The number of amides is 2. The lowest BCUT2D eigenvalue weighted by Gasteiger charge is -2.19. The zero-order valence-electron chi connectivity index (χ0n) is 20.8. The Hall–Kier alpha value is -5.58. The van der Waals surface area contributed by atoms with Gasteiger partial charge in [-0.05, 0) is 23.3 Å². The summed E-state index contributed by atoms with van der Waals surface area (Å²) in [5, 5.41) is 29.1. The van der Waals surface area contributed by atoms with E-state index < -0.39 is 21.7 Å². The minimum absolute atomic E-state index is 0.0223. The van der Waals surface area contributed by atoms with Crippen molar-refractivity contribution in [3.05, 3.63) is 105 Å². The van der Waals surface area contributed by atoms with Gasteiger partial charge in [-0.1, -0.05) is 60.7 Å². The van der Waals surface area contributed by atoms with Crippen molar-refractivity contribution in [2.45, 2.75) is 13.8 Å². The van der Waals surface area contributed by atoms with E-state index in [1.807, 2.05) is 0 Å². The Labute approximate surface area is 222 Å². The summed E-state index contributed by atoms with van der Waals surface area (Å²) in [6.07, 6.45) is 0. The van der Waals surface area contributed by atoms with Crippen molar-refractivity contribution < 1.29 is 24.2 Å². The first-order valence-electron chi connectivity index (χ1n) is 11.6. The molecule has 0 saturated carbocycles. The molecule has 0 aliphatic carbocycles. The standard InChI is InChI=1S/C28H22N4O7/c1-17(33)29-27-23(15-13-21(31(35)36)25(27)19-9-5-3-6-10-19)39-24-16-14-22(32(37)38)26(28(24)30-18(2)34)20-11-7-4-8-12-20/h3-16H,1-2H3,(H,29,33)(H,30,34). The Morgan fingerprint density at radius 1 is 0.615 bits per heavy atom. The van der Waals surface area contributed by atoms with Crippen molar-refractivity contribution in [3.63, 3.8) is 0 Å². The normalized spacial score (nSPS) is 10.4. The van der Waals surface area contributed by atoms with Crippen molar-refractivity contribution >= 4 is 34.6 Å². The highest BCUT2D eigenvalue weighted by Crippen LogP contribution is 2.48. The van der Waals surface area contributed by atoms with Crippen molar-refractivity contribution in [2.75, 3.05) is 10.6 Å². The molecule has 0 aromatic heterocycles. The van der Waals surface area contributed by atoms with Crippen LogP contribution in [0.3, 0.4) is 0 Å². The van der Waals surface area contributed by atoms with E-state index in [4.69, 9.17) is 4.74 Å². The number of hydrogen-bond donors (Lipinski definition) is 2. The second-order valence-electron chi connectivity index (χ2n) is 8.38. The molecule has 0 spiro atoms. The van der Waals surface area contributed by atoms with Gasteiger partial charge < -0.3 is 15.4 Å². The van der Waals surface area contributed by atoms with Gasteiger partial charge >= 0.3 is 0 Å². The monoisotopic (exact) mass is 526 g/mol. The lowest BCUT2D eigenvalue weighted by Crippen LogP contribution is -2.11. The number of rotatable bonds is 8. The largest absolute Gasteiger partial charge is 0.453 e. The molecule has 4 aromatic rings. The predicted molar refractivity (Wildman–Crippen MR) is 146 cm³/mol. The fourth-order valence-corrected chi connectivity index (χ4v) is 4.13. The van der Waals surface area contributed by atoms with Gasteiger partial charge in [0.2, 0.25) is 11.8 Å². The molecule has 0 saturated heterocycles. The number of nitro benzene ring substituents is 2. The van der Waals surface area contributed by atoms with Crippen LogP contribution in [0.1, 0.15) is 13.8 Å². The summed E-state index contributed by atoms with van der Waals surface area (Å²) in [7, 11) is 0. The summed E-state index contributed by atoms with van der Waals surface area (Å²) in [6.45, 7) is 2.50. The molecule has 0 fully saturated rings. The number of benzene rings is 4. The highest BCUT2D eigenvalue weighted by Gasteiger charge is 2.28. The zero-order valence-corrected chi connectivity index (χ0v) is 20.8. The molecule has 0 bridgehead atoms. The Bertz CT molecular complexity index is 1470. The number of carbonyl (C=O) groups excluding carboxylic acids is 2. The SMILES string of the molecule is CC(=O)Nc1c(Oc2ccc([N+](=O)[O-])c(-c3ccccc3)c2NC(C)=O)ccc([N+](=O)[O-])c1-c1ccccc1. The molecule has 0 atom stereocenters. The van der Waals surface area contributed by atoms with Crippen LogP contribution < -0.4 is 15.4 Å². The van der Waals surface area contributed by atoms with E-state index in [-0.39, 0.29) is 45.4 Å². The number of nitrogens with zero attached hydrogens (tertiary/aromatic N) is 2. The lowest BCUT2D eigenvalue weighted by molar-refractivity contribution is -0.384. The summed E-state index contributed by atoms with van der Waals surface area (Å²) in [4.78, 5) is 47.1. The van der Waals surface area contributed by atoms with E-state index >= 15 is 0 Å². The van der Waals surface area contributed by atoms with Crippen LogP contribution in [-0.4, -0.2) is 21.7 Å². The number of anilines is 2. The first kappa shape index (κ1) is 26.5. The maximum atomic E-state index is 12.2. The van der Waals surface area contributed by atoms with Crippen LogP contribution in [0.5, 0.6) is 11.5 Å². The molecular weight excluding hydrogens is 504 g/mol. The van der Waals surface area contributed by atoms with Gasteiger partial charge in [-0.25, -0.2) is 0 Å². The molecule has 0 radical (unpaired) electrons. The molecule has 0 heterocycles. The summed E-state index contributed by atoms with van der Waals surface area (Å²) in [5.41, 5.74) is 0.635. The molecule has 4 rings (SSSR count). The van der Waals surface area contributed by atoms with Gasteiger partial charge in [-0.3, -0.25) is 29.8 Å². The lowest BCUT2D eigenvalue weighted by atomic mass is 9.99. The molecule has 11 heteroatoms. The van der Waals surface area contributed by atoms with Gasteiger partial charge in [0.05, 0.1) is 32.3 Å². The summed E-state index contributed by atoms with van der Waals surface area (Å²) in [6, 6.07) is 22.0. The highest BCUT2D eigenvalue weighted by molar-refractivity contribution is 6.01. The molecule has 4 aromatic carbocycles. The molecule has 39 heavy (non-hydrogen) atoms. The van der Waals surface area contributed by atoms with Crippen LogP contribution in [0.2, 0.25) is 0 Å². The molecule has 0 aliphatic rings. The average Bonchev–Trinajstić information content (AvgIpc) is 2.90. The second-order valence-corrected chi connectivity index (χ2v) is 8.38. The first-order chi connectivity index (χ1) is 18.7. The molecule has 196 valence electrons. The maximum absolute atomic E-state index is 12.2. The highest BCUT2D eigenvalue weighted by atomic mass is 16.6. The van der Waals surface area contributed by atoms with Crippen LogP contribution in [0.15, 0.2) is 84.9 Å². The molecule has 2 amide bonds. The van der Waals surface area contributed by atoms with Gasteiger partial charge in [-0.15, -0.1) is 0 Å². The Balaban J connectivity index is 1.99. The topological polar surface area (TPSA) is 154 Å². The summed E-state index contributed by atoms with van der Waals surface area (Å²) < 4.78 is 6.16. The van der Waals surface area contributed by atoms with Crippen LogP contribution in [0, 0.1) is 20.2 Å². The fraction of sp³-hybridized carbons (Fsp3) is 0.0714. The van der Waals surface area contributed by atoms with Crippen molar-refractivity contribution in [1.29, 1.82) is 0 Å². The predicted octanol–water partition coefficient (Wildman–Crippen LogP) is 6.55. The van der Waals surface area contributed by atoms with E-state index in [2.05, 4.69) is 10.6 Å². The number of carbonyl (C=O) groups is 2. The quantitative estimate of drug-likeness (QED) is 0.195. The zero-order chi connectivity index (χ0) is 28.1. The van der Waals surface area contributed by atoms with Crippen LogP contribution >= 0.6 is 0 Å². The third kappa shape index (κ3) is 5.72. The van der Waals surface area contributed by atoms with Crippen molar-refractivity contribution in [1.82, 2.24) is 0 Å². The minimum atomic E-state index is -0.570. The number of ether oxygens (including phenoxy) is 1. The van der Waals surface area contributed by atoms with Gasteiger partial charge in [0.1, 0.15) is 0 Å². The molecule has 2 N–H and O–H groups in total. The minimum Gasteiger partial charge on any atom is -0.453 e. The molecule has 11 nitrogen and oxygen atoms in total. The van der Waals surface area contributed by atoms with E-state index in [9.17, 15) is 29.8 Å². The van der Waals surface area contributed by atoms with E-state index in [0.717, 1.165) is 0 Å². The molecular formula is C28H22N4O7. The number of nitrogens with one attached hydrogen (secondary N) is 2. The summed E-state index contributed by atoms with van der Waals surface area (Å²) in [5.74, 6) is -0.968. The van der Waals surface area contributed by atoms with Crippen LogP contribution in [-0.2, 0) is 9.59 Å². The van der Waals surface area contributed by atoms with Gasteiger partial charge in [0.15, 0.2) is 11.5 Å². The Morgan fingerprint density at radius 3 is 1.28 bits per heavy atom. The first-order valence-corrected chi connectivity index (χ1v) is 11.6. The van der Waals surface area contributed by atoms with Crippen LogP contribution in [0.4, 0.5) is 22.7 Å². The van der Waals surface area contributed by atoms with Gasteiger partial charge in [-0.2, -0.15) is 0 Å². The Kier molecular flexibility index (Phi) is 7.62. The second kappa shape index (κ2) is 11.2. The number of nitro groups is 2. The third-order valence-electron chi connectivity index (χ3n) is 5.63. The van der Waals surface area contributed by atoms with Gasteiger partial charge in [0, 0.05) is 26.0 Å². The number of hydrogen-bond acceptors (Lipinski definition) is 7. The van der Waals surface area contributed by atoms with E-state index in [0.29, 0.717) is 11.1 Å². The van der Waals surface area contributed by atoms with Crippen LogP contribution in [0.25, 0.3) is 22.3 Å². The van der Waals surface area contributed by atoms with E-state index in [1.165, 1.54) is 38.1 Å². The van der Waals surface area contributed by atoms with Gasteiger partial charge in [0.25, 0.3) is 11.4 Å². The maximum Gasteiger partial charge on any atom is 0.279 e. The smallest absolute Gasteiger partial charge is 0.279 e. The van der Waals surface area contributed by atoms with Crippen molar-refractivity contribution in [2.24, 2.45) is 0 Å². The fourth-order valence-electron chi connectivity index (χ4n) is 4.13. The van der Waals surface area contributed by atoms with E-state index in [1.54, 1.807) is 60.7 Å².